The highest BCUT2D eigenvalue weighted by atomic mass is 79.9. The maximum absolute atomic E-state index is 13.7. The van der Waals surface area contributed by atoms with Crippen LogP contribution in [-0.2, 0) is 6.42 Å². The third kappa shape index (κ3) is 2.28. The lowest BCUT2D eigenvalue weighted by atomic mass is 10.1. The Bertz CT molecular complexity index is 610. The Labute approximate surface area is 111 Å². The van der Waals surface area contributed by atoms with Crippen LogP contribution < -0.4 is 0 Å². The van der Waals surface area contributed by atoms with Crippen LogP contribution in [0.15, 0.2) is 22.7 Å². The monoisotopic (exact) mass is 312 g/mol. The average molecular weight is 313 g/mol. The number of H-pyrrole nitrogens is 1. The van der Waals surface area contributed by atoms with Gasteiger partial charge in [0.1, 0.15) is 11.5 Å². The lowest BCUT2D eigenvalue weighted by Crippen LogP contribution is -1.95. The number of rotatable bonds is 3. The van der Waals surface area contributed by atoms with E-state index in [2.05, 4.69) is 26.1 Å². The van der Waals surface area contributed by atoms with Gasteiger partial charge >= 0.3 is 5.97 Å². The molecule has 0 atom stereocenters. The van der Waals surface area contributed by atoms with Gasteiger partial charge in [0.2, 0.25) is 0 Å². The van der Waals surface area contributed by atoms with Crippen LogP contribution in [0.1, 0.15) is 23.0 Å². The first kappa shape index (κ1) is 12.8. The number of nitrogens with one attached hydrogen (secondary N) is 1. The fraction of sp³-hybridized carbons (Fsp3) is 0.167. The average Bonchev–Trinajstić information content (AvgIpc) is 2.82. The summed E-state index contributed by atoms with van der Waals surface area (Å²) in [5.41, 5.74) is 1.70. The van der Waals surface area contributed by atoms with Gasteiger partial charge in [-0.2, -0.15) is 5.10 Å². The summed E-state index contributed by atoms with van der Waals surface area (Å²) in [6, 6.07) is 4.67. The first-order chi connectivity index (χ1) is 8.52. The molecule has 2 rings (SSSR count). The molecule has 0 aliphatic heterocycles. The molecule has 1 aromatic carbocycles. The molecular formula is C12H10BrFN2O2. The van der Waals surface area contributed by atoms with Gasteiger partial charge in [0.05, 0.1) is 10.2 Å². The number of hydrogen-bond acceptors (Lipinski definition) is 2. The Morgan fingerprint density at radius 1 is 1.50 bits per heavy atom. The molecule has 2 aromatic rings. The minimum Gasteiger partial charge on any atom is -0.477 e. The van der Waals surface area contributed by atoms with Crippen LogP contribution in [-0.4, -0.2) is 21.3 Å². The Hall–Kier alpha value is -1.69. The number of aromatic amines is 1. The number of carboxylic acid groups (broad SMARTS) is 1. The summed E-state index contributed by atoms with van der Waals surface area (Å²) in [7, 11) is 0. The lowest BCUT2D eigenvalue weighted by molar-refractivity contribution is 0.0690. The van der Waals surface area contributed by atoms with Crippen molar-refractivity contribution in [3.8, 4) is 11.3 Å². The second kappa shape index (κ2) is 4.89. The first-order valence-corrected chi connectivity index (χ1v) is 6.09. The standard InChI is InChI=1S/C12H10BrFN2O2/c1-2-6-3-7(4-8(13)11(6)14)9-5-10(12(17)18)16-15-9/h3-5H,2H2,1H3,(H,15,16)(H,17,18). The number of carbonyl (C=O) groups is 1. The number of nitrogens with zero attached hydrogens (tertiary/aromatic N) is 1. The summed E-state index contributed by atoms with van der Waals surface area (Å²) in [6.45, 7) is 1.85. The molecule has 0 unspecified atom stereocenters. The SMILES string of the molecule is CCc1cc(-c2cc(C(=O)O)[nH]n2)cc(Br)c1F. The van der Waals surface area contributed by atoms with Gasteiger partial charge in [-0.15, -0.1) is 0 Å². The van der Waals surface area contributed by atoms with Gasteiger partial charge in [-0.3, -0.25) is 5.10 Å². The number of aryl methyl sites for hydroxylation is 1. The van der Waals surface area contributed by atoms with E-state index in [9.17, 15) is 9.18 Å². The predicted molar refractivity (Wildman–Crippen MR) is 68.0 cm³/mol. The molecule has 94 valence electrons. The van der Waals surface area contributed by atoms with Gasteiger partial charge < -0.3 is 5.11 Å². The minimum absolute atomic E-state index is 0.00324. The Balaban J connectivity index is 2.50. The summed E-state index contributed by atoms with van der Waals surface area (Å²) in [5, 5.41) is 15.1. The van der Waals surface area contributed by atoms with E-state index in [4.69, 9.17) is 5.11 Å². The van der Waals surface area contributed by atoms with Crippen molar-refractivity contribution in [2.45, 2.75) is 13.3 Å². The van der Waals surface area contributed by atoms with Gasteiger partial charge in [0.25, 0.3) is 0 Å². The van der Waals surface area contributed by atoms with E-state index in [0.29, 0.717) is 27.7 Å². The maximum Gasteiger partial charge on any atom is 0.353 e. The quantitative estimate of drug-likeness (QED) is 0.914. The number of hydrogen-bond donors (Lipinski definition) is 2. The van der Waals surface area contributed by atoms with Crippen LogP contribution in [0.25, 0.3) is 11.3 Å². The Morgan fingerprint density at radius 2 is 2.22 bits per heavy atom. The summed E-state index contributed by atoms with van der Waals surface area (Å²) in [6.07, 6.45) is 0.550. The molecule has 0 saturated heterocycles. The van der Waals surface area contributed by atoms with Crippen molar-refractivity contribution in [1.82, 2.24) is 10.2 Å². The molecule has 6 heteroatoms. The number of carboxylic acids is 1. The first-order valence-electron chi connectivity index (χ1n) is 5.30. The van der Waals surface area contributed by atoms with E-state index in [1.807, 2.05) is 6.92 Å². The van der Waals surface area contributed by atoms with E-state index in [0.717, 1.165) is 0 Å². The van der Waals surface area contributed by atoms with E-state index < -0.39 is 5.97 Å². The highest BCUT2D eigenvalue weighted by molar-refractivity contribution is 9.10. The molecule has 18 heavy (non-hydrogen) atoms. The number of halogens is 2. The normalized spacial score (nSPS) is 10.6. The summed E-state index contributed by atoms with van der Waals surface area (Å²) < 4.78 is 14.0. The molecule has 0 spiro atoms. The topological polar surface area (TPSA) is 66.0 Å². The second-order valence-electron chi connectivity index (χ2n) is 3.76. The third-order valence-corrected chi connectivity index (χ3v) is 3.17. The number of benzene rings is 1. The van der Waals surface area contributed by atoms with Crippen molar-refractivity contribution in [3.05, 3.63) is 39.7 Å². The molecule has 0 aliphatic rings. The number of aromatic carboxylic acids is 1. The molecule has 1 aromatic heterocycles. The van der Waals surface area contributed by atoms with Crippen LogP contribution in [0.4, 0.5) is 4.39 Å². The van der Waals surface area contributed by atoms with Gasteiger partial charge in [-0.1, -0.05) is 6.92 Å². The Morgan fingerprint density at radius 3 is 2.78 bits per heavy atom. The molecule has 4 nitrogen and oxygen atoms in total. The van der Waals surface area contributed by atoms with Crippen LogP contribution in [0.2, 0.25) is 0 Å². The van der Waals surface area contributed by atoms with Crippen LogP contribution in [0.5, 0.6) is 0 Å². The smallest absolute Gasteiger partial charge is 0.353 e. The molecule has 0 amide bonds. The zero-order valence-electron chi connectivity index (χ0n) is 9.50. The van der Waals surface area contributed by atoms with Gasteiger partial charge in [-0.25, -0.2) is 9.18 Å². The molecule has 0 bridgehead atoms. The minimum atomic E-state index is -1.08. The van der Waals surface area contributed by atoms with E-state index in [1.54, 1.807) is 12.1 Å². The Kier molecular flexibility index (Phi) is 3.47. The van der Waals surface area contributed by atoms with E-state index >= 15 is 0 Å². The van der Waals surface area contributed by atoms with Crippen molar-refractivity contribution in [3.63, 3.8) is 0 Å². The van der Waals surface area contributed by atoms with Gasteiger partial charge in [0, 0.05) is 5.56 Å². The van der Waals surface area contributed by atoms with Crippen LogP contribution in [0, 0.1) is 5.82 Å². The van der Waals surface area contributed by atoms with E-state index in [-0.39, 0.29) is 11.5 Å². The molecule has 0 aliphatic carbocycles. The predicted octanol–water partition coefficient (Wildman–Crippen LogP) is 3.24. The van der Waals surface area contributed by atoms with Crippen molar-refractivity contribution in [2.75, 3.05) is 0 Å². The largest absolute Gasteiger partial charge is 0.477 e. The van der Waals surface area contributed by atoms with Crippen molar-refractivity contribution in [1.29, 1.82) is 0 Å². The third-order valence-electron chi connectivity index (χ3n) is 2.59. The fourth-order valence-electron chi connectivity index (χ4n) is 1.63. The summed E-state index contributed by atoms with van der Waals surface area (Å²) >= 11 is 3.14. The second-order valence-corrected chi connectivity index (χ2v) is 4.61. The van der Waals surface area contributed by atoms with Gasteiger partial charge in [0.15, 0.2) is 0 Å². The molecule has 0 radical (unpaired) electrons. The summed E-state index contributed by atoms with van der Waals surface area (Å²) in [5.74, 6) is -1.37. The van der Waals surface area contributed by atoms with Crippen LogP contribution in [0.3, 0.4) is 0 Å². The van der Waals surface area contributed by atoms with E-state index in [1.165, 1.54) is 6.07 Å². The zero-order valence-corrected chi connectivity index (χ0v) is 11.1. The summed E-state index contributed by atoms with van der Waals surface area (Å²) in [4.78, 5) is 10.7. The maximum atomic E-state index is 13.7. The number of aromatic nitrogens is 2. The molecule has 1 heterocycles. The van der Waals surface area contributed by atoms with Crippen molar-refractivity contribution >= 4 is 21.9 Å². The highest BCUT2D eigenvalue weighted by Gasteiger charge is 2.13. The molecular weight excluding hydrogens is 303 g/mol. The van der Waals surface area contributed by atoms with Gasteiger partial charge in [-0.05, 0) is 46.1 Å². The fourth-order valence-corrected chi connectivity index (χ4v) is 2.13. The van der Waals surface area contributed by atoms with Crippen LogP contribution >= 0.6 is 15.9 Å². The zero-order chi connectivity index (χ0) is 13.3. The van der Waals surface area contributed by atoms with Crippen molar-refractivity contribution < 1.29 is 14.3 Å². The van der Waals surface area contributed by atoms with Crippen molar-refractivity contribution in [2.24, 2.45) is 0 Å². The highest BCUT2D eigenvalue weighted by Crippen LogP contribution is 2.27. The molecule has 0 saturated carbocycles. The lowest BCUT2D eigenvalue weighted by Gasteiger charge is -2.05. The molecule has 2 N–H and O–H groups in total. The molecule has 0 fully saturated rings.